The number of hydrogen-bond acceptors (Lipinski definition) is 3. The summed E-state index contributed by atoms with van der Waals surface area (Å²) in [6.07, 6.45) is 1.60. The number of imidazole rings is 1. The van der Waals surface area contributed by atoms with E-state index in [0.29, 0.717) is 6.54 Å². The Morgan fingerprint density at radius 3 is 2.94 bits per heavy atom. The molecule has 0 unspecified atom stereocenters. The molecular formula is C11H12N4O2. The first-order valence-electron chi connectivity index (χ1n) is 5.05. The normalized spacial score (nSPS) is 10.4. The maximum Gasteiger partial charge on any atom is 0.311 e. The molecule has 0 aliphatic rings. The lowest BCUT2D eigenvalue weighted by Gasteiger charge is -2.14. The average molecular weight is 232 g/mol. The fourth-order valence-corrected chi connectivity index (χ4v) is 1.61. The third kappa shape index (κ3) is 2.25. The van der Waals surface area contributed by atoms with Gasteiger partial charge in [-0.3, -0.25) is 9.59 Å². The van der Waals surface area contributed by atoms with Crippen LogP contribution < -0.4 is 5.73 Å². The smallest absolute Gasteiger partial charge is 0.311 e. The van der Waals surface area contributed by atoms with Crippen LogP contribution in [0.4, 0.5) is 0 Å². The van der Waals surface area contributed by atoms with E-state index in [1.807, 2.05) is 18.2 Å². The summed E-state index contributed by atoms with van der Waals surface area (Å²) in [6, 6.07) is 5.59. The number of benzene rings is 1. The van der Waals surface area contributed by atoms with Gasteiger partial charge in [0.15, 0.2) is 0 Å². The first-order valence-corrected chi connectivity index (χ1v) is 5.05. The van der Waals surface area contributed by atoms with Crippen molar-refractivity contribution in [2.45, 2.75) is 6.54 Å². The van der Waals surface area contributed by atoms with Crippen LogP contribution in [0.25, 0.3) is 11.0 Å². The largest absolute Gasteiger partial charge is 0.361 e. The fraction of sp³-hybridized carbons (Fsp3) is 0.182. The SMILES string of the molecule is CN(Cc1ccc2nc[nH]c2c1)C(=O)C(N)=O. The van der Waals surface area contributed by atoms with Crippen molar-refractivity contribution < 1.29 is 9.59 Å². The molecular weight excluding hydrogens is 220 g/mol. The lowest BCUT2D eigenvalue weighted by atomic mass is 10.2. The molecule has 0 aliphatic carbocycles. The Kier molecular flexibility index (Phi) is 2.78. The second-order valence-electron chi connectivity index (χ2n) is 3.78. The molecule has 6 heteroatoms. The van der Waals surface area contributed by atoms with E-state index in [9.17, 15) is 9.59 Å². The lowest BCUT2D eigenvalue weighted by molar-refractivity contribution is -0.143. The van der Waals surface area contributed by atoms with Gasteiger partial charge in [0.05, 0.1) is 17.4 Å². The molecule has 0 radical (unpaired) electrons. The number of carbonyl (C=O) groups is 2. The highest BCUT2D eigenvalue weighted by Gasteiger charge is 2.15. The van der Waals surface area contributed by atoms with Crippen LogP contribution in [0.1, 0.15) is 5.56 Å². The number of aromatic amines is 1. The van der Waals surface area contributed by atoms with E-state index in [1.54, 1.807) is 6.33 Å². The topological polar surface area (TPSA) is 92.1 Å². The van der Waals surface area contributed by atoms with E-state index >= 15 is 0 Å². The van der Waals surface area contributed by atoms with Gasteiger partial charge < -0.3 is 15.6 Å². The van der Waals surface area contributed by atoms with Gasteiger partial charge in [-0.1, -0.05) is 6.07 Å². The van der Waals surface area contributed by atoms with E-state index in [2.05, 4.69) is 9.97 Å². The minimum Gasteiger partial charge on any atom is -0.361 e. The van der Waals surface area contributed by atoms with E-state index in [1.165, 1.54) is 11.9 Å². The maximum absolute atomic E-state index is 11.3. The van der Waals surface area contributed by atoms with Crippen molar-refractivity contribution in [1.29, 1.82) is 0 Å². The molecule has 0 spiro atoms. The van der Waals surface area contributed by atoms with E-state index in [0.717, 1.165) is 16.6 Å². The Bertz CT molecular complexity index is 576. The molecule has 2 rings (SSSR count). The number of fused-ring (bicyclic) bond motifs is 1. The second kappa shape index (κ2) is 4.25. The molecule has 88 valence electrons. The van der Waals surface area contributed by atoms with Gasteiger partial charge in [0.1, 0.15) is 0 Å². The summed E-state index contributed by atoms with van der Waals surface area (Å²) < 4.78 is 0. The highest BCUT2D eigenvalue weighted by molar-refractivity contribution is 6.34. The number of nitrogens with one attached hydrogen (secondary N) is 1. The molecule has 2 amide bonds. The predicted octanol–water partition coefficient (Wildman–Crippen LogP) is 0.00660. The summed E-state index contributed by atoms with van der Waals surface area (Å²) in [7, 11) is 1.53. The van der Waals surface area contributed by atoms with Crippen LogP contribution in [0.15, 0.2) is 24.5 Å². The Balaban J connectivity index is 2.17. The number of carbonyl (C=O) groups excluding carboxylic acids is 2. The third-order valence-corrected chi connectivity index (χ3v) is 2.46. The standard InChI is InChI=1S/C11H12N4O2/c1-15(11(17)10(12)16)5-7-2-3-8-9(4-7)14-6-13-8/h2-4,6H,5H2,1H3,(H2,12,16)(H,13,14). The minimum absolute atomic E-state index is 0.330. The summed E-state index contributed by atoms with van der Waals surface area (Å²) in [5, 5.41) is 0. The summed E-state index contributed by atoms with van der Waals surface area (Å²) in [5.41, 5.74) is 7.57. The predicted molar refractivity (Wildman–Crippen MR) is 61.8 cm³/mol. The minimum atomic E-state index is -0.949. The second-order valence-corrected chi connectivity index (χ2v) is 3.78. The number of hydrogen-bond donors (Lipinski definition) is 2. The zero-order valence-corrected chi connectivity index (χ0v) is 9.30. The first kappa shape index (κ1) is 11.1. The Morgan fingerprint density at radius 2 is 2.24 bits per heavy atom. The molecule has 0 saturated carbocycles. The molecule has 3 N–H and O–H groups in total. The fourth-order valence-electron chi connectivity index (χ4n) is 1.61. The van der Waals surface area contributed by atoms with Crippen molar-refractivity contribution in [3.63, 3.8) is 0 Å². The Morgan fingerprint density at radius 1 is 1.47 bits per heavy atom. The van der Waals surface area contributed by atoms with Crippen LogP contribution in [0, 0.1) is 0 Å². The quantitative estimate of drug-likeness (QED) is 0.714. The number of primary amides is 1. The van der Waals surface area contributed by atoms with Crippen molar-refractivity contribution in [1.82, 2.24) is 14.9 Å². The average Bonchev–Trinajstić information content (AvgIpc) is 2.74. The van der Waals surface area contributed by atoms with Crippen LogP contribution in [0.2, 0.25) is 0 Å². The van der Waals surface area contributed by atoms with Crippen molar-refractivity contribution in [3.8, 4) is 0 Å². The summed E-state index contributed by atoms with van der Waals surface area (Å²) >= 11 is 0. The maximum atomic E-state index is 11.3. The molecule has 0 saturated heterocycles. The number of nitrogens with two attached hydrogens (primary N) is 1. The zero-order valence-electron chi connectivity index (χ0n) is 9.30. The molecule has 2 aromatic rings. The molecule has 0 bridgehead atoms. The number of aromatic nitrogens is 2. The van der Waals surface area contributed by atoms with Crippen molar-refractivity contribution in [2.75, 3.05) is 7.05 Å². The van der Waals surface area contributed by atoms with Crippen LogP contribution in [-0.4, -0.2) is 33.7 Å². The monoisotopic (exact) mass is 232 g/mol. The summed E-state index contributed by atoms with van der Waals surface area (Å²) in [4.78, 5) is 30.4. The molecule has 0 atom stereocenters. The molecule has 17 heavy (non-hydrogen) atoms. The van der Waals surface area contributed by atoms with Crippen LogP contribution in [-0.2, 0) is 16.1 Å². The molecule has 1 aromatic heterocycles. The summed E-state index contributed by atoms with van der Waals surface area (Å²) in [6.45, 7) is 0.330. The number of H-pyrrole nitrogens is 1. The van der Waals surface area contributed by atoms with E-state index < -0.39 is 11.8 Å². The van der Waals surface area contributed by atoms with Gasteiger partial charge in [0, 0.05) is 13.6 Å². The number of rotatable bonds is 2. The Hall–Kier alpha value is -2.37. The zero-order chi connectivity index (χ0) is 12.4. The highest BCUT2D eigenvalue weighted by Crippen LogP contribution is 2.12. The number of likely N-dealkylation sites (N-methyl/N-ethyl adjacent to an activating group) is 1. The molecule has 1 aromatic carbocycles. The van der Waals surface area contributed by atoms with Gasteiger partial charge in [0.25, 0.3) is 0 Å². The van der Waals surface area contributed by atoms with Gasteiger partial charge >= 0.3 is 11.8 Å². The number of nitrogens with zero attached hydrogens (tertiary/aromatic N) is 2. The van der Waals surface area contributed by atoms with Crippen molar-refractivity contribution in [2.24, 2.45) is 5.73 Å². The third-order valence-electron chi connectivity index (χ3n) is 2.46. The Labute approximate surface area is 97.4 Å². The van der Waals surface area contributed by atoms with Crippen LogP contribution in [0.3, 0.4) is 0 Å². The van der Waals surface area contributed by atoms with Gasteiger partial charge in [-0.15, -0.1) is 0 Å². The molecule has 1 heterocycles. The van der Waals surface area contributed by atoms with Gasteiger partial charge in [-0.2, -0.15) is 0 Å². The van der Waals surface area contributed by atoms with E-state index in [-0.39, 0.29) is 0 Å². The van der Waals surface area contributed by atoms with Crippen LogP contribution in [0.5, 0.6) is 0 Å². The first-order chi connectivity index (χ1) is 8.08. The van der Waals surface area contributed by atoms with Crippen molar-refractivity contribution in [3.05, 3.63) is 30.1 Å². The lowest BCUT2D eigenvalue weighted by Crippen LogP contribution is -2.37. The van der Waals surface area contributed by atoms with Gasteiger partial charge in [-0.25, -0.2) is 4.98 Å². The van der Waals surface area contributed by atoms with E-state index in [4.69, 9.17) is 5.73 Å². The highest BCUT2D eigenvalue weighted by atomic mass is 16.2. The van der Waals surface area contributed by atoms with Crippen LogP contribution >= 0.6 is 0 Å². The molecule has 0 aliphatic heterocycles. The van der Waals surface area contributed by atoms with Crippen molar-refractivity contribution >= 4 is 22.8 Å². The van der Waals surface area contributed by atoms with Gasteiger partial charge in [0.2, 0.25) is 0 Å². The summed E-state index contributed by atoms with van der Waals surface area (Å²) in [5.74, 6) is -1.65. The molecule has 6 nitrogen and oxygen atoms in total. The molecule has 0 fully saturated rings. The number of amides is 2. The van der Waals surface area contributed by atoms with Gasteiger partial charge in [-0.05, 0) is 17.7 Å².